The average Bonchev–Trinajstić information content (AvgIpc) is 3.46. The summed E-state index contributed by atoms with van der Waals surface area (Å²) in [6, 6.07) is 4.52. The van der Waals surface area contributed by atoms with E-state index in [9.17, 15) is 4.79 Å². The number of amides is 1. The Morgan fingerprint density at radius 1 is 1.24 bits per heavy atom. The number of thiophene rings is 1. The zero-order valence-electron chi connectivity index (χ0n) is 20.8. The highest BCUT2D eigenvalue weighted by atomic mass is 32.1. The highest BCUT2D eigenvalue weighted by Gasteiger charge is 2.29. The SMILES string of the molecule is Cc1cc(-c2[nH]c3cc(C4CCN(C(=O)OC(C)(C)C)CC4)sc3c2C(C)C)cn2ncnc12. The molecular weight excluding hydrogens is 446 g/mol. The van der Waals surface area contributed by atoms with Crippen LogP contribution >= 0.6 is 11.3 Å². The standard InChI is InChI=1S/C26H33N5O2S/c1-15(2)21-22(18-11-16(3)24-27-14-28-31(24)13-18)29-19-12-20(34-23(19)21)17-7-9-30(10-8-17)25(32)33-26(4,5)6/h11-15,17,29H,7-10H2,1-6H3. The molecule has 4 aromatic rings. The molecule has 1 amide bonds. The summed E-state index contributed by atoms with van der Waals surface area (Å²) in [5.41, 5.74) is 6.41. The van der Waals surface area contributed by atoms with Crippen molar-refractivity contribution in [3.63, 3.8) is 0 Å². The van der Waals surface area contributed by atoms with Crippen molar-refractivity contribution >= 4 is 33.3 Å². The Morgan fingerprint density at radius 3 is 2.65 bits per heavy atom. The lowest BCUT2D eigenvalue weighted by molar-refractivity contribution is 0.0205. The summed E-state index contributed by atoms with van der Waals surface area (Å²) in [5, 5.41) is 4.35. The minimum Gasteiger partial charge on any atom is -0.444 e. The molecule has 0 unspecified atom stereocenters. The van der Waals surface area contributed by atoms with E-state index >= 15 is 0 Å². The molecule has 0 atom stereocenters. The van der Waals surface area contributed by atoms with Crippen LogP contribution in [0, 0.1) is 6.92 Å². The van der Waals surface area contributed by atoms with Gasteiger partial charge in [-0.1, -0.05) is 13.8 Å². The van der Waals surface area contributed by atoms with E-state index in [4.69, 9.17) is 4.74 Å². The molecule has 7 nitrogen and oxygen atoms in total. The maximum atomic E-state index is 12.4. The largest absolute Gasteiger partial charge is 0.444 e. The van der Waals surface area contributed by atoms with E-state index < -0.39 is 5.60 Å². The molecule has 1 aliphatic heterocycles. The third-order valence-electron chi connectivity index (χ3n) is 6.50. The van der Waals surface area contributed by atoms with Gasteiger partial charge in [0.1, 0.15) is 11.9 Å². The molecule has 5 heterocycles. The molecule has 8 heteroatoms. The van der Waals surface area contributed by atoms with Crippen LogP contribution in [0.3, 0.4) is 0 Å². The number of aromatic amines is 1. The van der Waals surface area contributed by atoms with Crippen LogP contribution in [-0.4, -0.2) is 49.3 Å². The van der Waals surface area contributed by atoms with E-state index in [1.165, 1.54) is 26.4 Å². The molecule has 180 valence electrons. The van der Waals surface area contributed by atoms with E-state index in [0.717, 1.165) is 42.7 Å². The van der Waals surface area contributed by atoms with Crippen molar-refractivity contribution in [1.82, 2.24) is 24.5 Å². The van der Waals surface area contributed by atoms with Gasteiger partial charge in [0.2, 0.25) is 0 Å². The first kappa shape index (κ1) is 22.9. The van der Waals surface area contributed by atoms with Gasteiger partial charge in [-0.25, -0.2) is 14.3 Å². The molecule has 0 bridgehead atoms. The average molecular weight is 480 g/mol. The first-order valence-electron chi connectivity index (χ1n) is 12.0. The molecule has 0 spiro atoms. The van der Waals surface area contributed by atoms with E-state index in [-0.39, 0.29) is 6.09 Å². The number of nitrogens with zero attached hydrogens (tertiary/aromatic N) is 4. The van der Waals surface area contributed by atoms with Crippen LogP contribution in [0.2, 0.25) is 0 Å². The molecule has 0 aliphatic carbocycles. The minimum absolute atomic E-state index is 0.199. The van der Waals surface area contributed by atoms with Gasteiger partial charge in [-0.15, -0.1) is 11.3 Å². The van der Waals surface area contributed by atoms with Gasteiger partial charge in [0, 0.05) is 29.7 Å². The highest BCUT2D eigenvalue weighted by Crippen LogP contribution is 2.43. The number of aromatic nitrogens is 4. The Kier molecular flexibility index (Phi) is 5.67. The third-order valence-corrected chi connectivity index (χ3v) is 7.83. The van der Waals surface area contributed by atoms with Crippen molar-refractivity contribution < 1.29 is 9.53 Å². The summed E-state index contributed by atoms with van der Waals surface area (Å²) in [6.07, 6.45) is 5.39. The number of fused-ring (bicyclic) bond motifs is 2. The Bertz CT molecular complexity index is 1350. The Balaban J connectivity index is 1.41. The van der Waals surface area contributed by atoms with Crippen molar-refractivity contribution in [2.75, 3.05) is 13.1 Å². The Morgan fingerprint density at radius 2 is 1.97 bits per heavy atom. The van der Waals surface area contributed by atoms with Gasteiger partial charge in [0.25, 0.3) is 0 Å². The quantitative estimate of drug-likeness (QED) is 0.365. The Hall–Kier alpha value is -2.87. The van der Waals surface area contributed by atoms with Crippen LogP contribution in [0.15, 0.2) is 24.7 Å². The number of nitrogens with one attached hydrogen (secondary N) is 1. The predicted molar refractivity (Wildman–Crippen MR) is 137 cm³/mol. The molecular formula is C26H33N5O2S. The highest BCUT2D eigenvalue weighted by molar-refractivity contribution is 7.19. The monoisotopic (exact) mass is 479 g/mol. The second-order valence-electron chi connectivity index (χ2n) is 10.6. The molecule has 5 rings (SSSR count). The van der Waals surface area contributed by atoms with Gasteiger partial charge in [0.15, 0.2) is 5.65 Å². The van der Waals surface area contributed by atoms with Crippen LogP contribution in [0.5, 0.6) is 0 Å². The lowest BCUT2D eigenvalue weighted by Gasteiger charge is -2.33. The fraction of sp³-hybridized carbons (Fsp3) is 0.500. The van der Waals surface area contributed by atoms with Crippen LogP contribution < -0.4 is 0 Å². The summed E-state index contributed by atoms with van der Waals surface area (Å²) >= 11 is 1.90. The number of likely N-dealkylation sites (tertiary alicyclic amines) is 1. The van der Waals surface area contributed by atoms with Gasteiger partial charge in [-0.2, -0.15) is 5.10 Å². The van der Waals surface area contributed by atoms with Gasteiger partial charge < -0.3 is 14.6 Å². The summed E-state index contributed by atoms with van der Waals surface area (Å²) in [7, 11) is 0. The van der Waals surface area contributed by atoms with Crippen LogP contribution in [0.1, 0.15) is 75.3 Å². The maximum absolute atomic E-state index is 12.4. The number of carbonyl (C=O) groups is 1. The number of pyridine rings is 1. The number of carbonyl (C=O) groups excluding carboxylic acids is 1. The molecule has 0 saturated carbocycles. The molecule has 34 heavy (non-hydrogen) atoms. The fourth-order valence-corrected chi connectivity index (χ4v) is 6.38. The maximum Gasteiger partial charge on any atom is 0.410 e. The fourth-order valence-electron chi connectivity index (χ4n) is 4.90. The zero-order chi connectivity index (χ0) is 24.2. The van der Waals surface area contributed by atoms with Crippen molar-refractivity contribution in [3.05, 3.63) is 40.7 Å². The number of hydrogen-bond acceptors (Lipinski definition) is 5. The lowest BCUT2D eigenvalue weighted by Crippen LogP contribution is -2.41. The lowest BCUT2D eigenvalue weighted by atomic mass is 9.95. The summed E-state index contributed by atoms with van der Waals surface area (Å²) in [4.78, 5) is 23.8. The zero-order valence-corrected chi connectivity index (χ0v) is 21.6. The van der Waals surface area contributed by atoms with Crippen molar-refractivity contribution in [2.45, 2.75) is 71.8 Å². The Labute approximate surface area is 204 Å². The topological polar surface area (TPSA) is 75.5 Å². The minimum atomic E-state index is -0.456. The number of aryl methyl sites for hydroxylation is 1. The summed E-state index contributed by atoms with van der Waals surface area (Å²) in [6.45, 7) is 13.8. The predicted octanol–water partition coefficient (Wildman–Crippen LogP) is 6.49. The molecule has 1 aliphatic rings. The number of piperidine rings is 1. The molecule has 4 aromatic heterocycles. The summed E-state index contributed by atoms with van der Waals surface area (Å²) < 4.78 is 8.75. The third kappa shape index (κ3) is 4.19. The van der Waals surface area contributed by atoms with Gasteiger partial charge >= 0.3 is 6.09 Å². The summed E-state index contributed by atoms with van der Waals surface area (Å²) in [5.74, 6) is 0.859. The van der Waals surface area contributed by atoms with E-state index in [1.54, 1.807) is 6.33 Å². The number of ether oxygens (including phenoxy) is 1. The van der Waals surface area contributed by atoms with Crippen LogP contribution in [0.25, 0.3) is 27.1 Å². The second-order valence-corrected chi connectivity index (χ2v) is 11.7. The van der Waals surface area contributed by atoms with Crippen LogP contribution in [0.4, 0.5) is 4.79 Å². The second kappa shape index (κ2) is 8.41. The van der Waals surface area contributed by atoms with Crippen molar-refractivity contribution in [3.8, 4) is 11.3 Å². The molecule has 0 aromatic carbocycles. The van der Waals surface area contributed by atoms with E-state index in [0.29, 0.717) is 11.8 Å². The smallest absolute Gasteiger partial charge is 0.410 e. The van der Waals surface area contributed by atoms with Gasteiger partial charge in [-0.3, -0.25) is 0 Å². The van der Waals surface area contributed by atoms with E-state index in [1.807, 2.05) is 41.5 Å². The van der Waals surface area contributed by atoms with Crippen molar-refractivity contribution in [2.24, 2.45) is 0 Å². The van der Waals surface area contributed by atoms with E-state index in [2.05, 4.69) is 54.2 Å². The van der Waals surface area contributed by atoms with Gasteiger partial charge in [-0.05, 0) is 75.6 Å². The first-order chi connectivity index (χ1) is 16.1. The number of hydrogen-bond donors (Lipinski definition) is 1. The van der Waals surface area contributed by atoms with Crippen molar-refractivity contribution in [1.29, 1.82) is 0 Å². The molecule has 1 saturated heterocycles. The number of H-pyrrole nitrogens is 1. The molecule has 1 N–H and O–H groups in total. The normalized spacial score (nSPS) is 15.7. The molecule has 0 radical (unpaired) electrons. The molecule has 1 fully saturated rings. The number of rotatable bonds is 3. The van der Waals surface area contributed by atoms with Gasteiger partial charge in [0.05, 0.1) is 15.9 Å². The van der Waals surface area contributed by atoms with Crippen LogP contribution in [-0.2, 0) is 4.74 Å². The first-order valence-corrected chi connectivity index (χ1v) is 12.9.